The summed E-state index contributed by atoms with van der Waals surface area (Å²) in [5.74, 6) is -4.52. The van der Waals surface area contributed by atoms with Gasteiger partial charge in [0.15, 0.2) is 0 Å². The van der Waals surface area contributed by atoms with Crippen molar-refractivity contribution in [1.82, 2.24) is 4.98 Å². The first-order valence-corrected chi connectivity index (χ1v) is 8.29. The molecule has 1 saturated heterocycles. The van der Waals surface area contributed by atoms with E-state index in [1.807, 2.05) is 25.2 Å². The molecule has 0 bridgehead atoms. The number of halogens is 6. The van der Waals surface area contributed by atoms with E-state index in [-0.39, 0.29) is 0 Å². The second-order valence-corrected chi connectivity index (χ2v) is 6.22. The molecule has 0 aromatic carbocycles. The van der Waals surface area contributed by atoms with Crippen LogP contribution in [0.5, 0.6) is 0 Å². The number of nitrogens with two attached hydrogens (primary N) is 1. The molecule has 1 aromatic rings. The molecule has 2 rings (SSSR count). The molecular formula is C16H22F6N4O4. The summed E-state index contributed by atoms with van der Waals surface area (Å²) in [4.78, 5) is 26.5. The van der Waals surface area contributed by atoms with Crippen LogP contribution in [0.1, 0.15) is 12.8 Å². The predicted molar refractivity (Wildman–Crippen MR) is 95.4 cm³/mol. The van der Waals surface area contributed by atoms with E-state index < -0.39 is 24.3 Å². The average Bonchev–Trinajstić information content (AvgIpc) is 2.61. The number of pyridine rings is 1. The molecule has 1 aliphatic heterocycles. The molecule has 0 amide bonds. The number of aliphatic carboxylic acids is 2. The molecule has 1 fully saturated rings. The van der Waals surface area contributed by atoms with Crippen LogP contribution in [-0.4, -0.2) is 72.7 Å². The lowest BCUT2D eigenvalue weighted by atomic mass is 10.1. The van der Waals surface area contributed by atoms with E-state index in [1.54, 1.807) is 0 Å². The zero-order valence-corrected chi connectivity index (χ0v) is 16.0. The lowest BCUT2D eigenvalue weighted by Gasteiger charge is -2.32. The summed E-state index contributed by atoms with van der Waals surface area (Å²) in [6, 6.07) is 4.48. The van der Waals surface area contributed by atoms with E-state index in [0.717, 1.165) is 25.3 Å². The van der Waals surface area contributed by atoms with Crippen LogP contribution in [0.25, 0.3) is 0 Å². The van der Waals surface area contributed by atoms with Crippen LogP contribution >= 0.6 is 0 Å². The Morgan fingerprint density at radius 1 is 1.10 bits per heavy atom. The summed E-state index contributed by atoms with van der Waals surface area (Å²) < 4.78 is 63.5. The highest BCUT2D eigenvalue weighted by Gasteiger charge is 2.38. The standard InChI is InChI=1S/C12H20N4.2C2HF3O2/c1-15(2)12-6-5-11(8-14-12)16-7-3-4-10(13)9-16;2*3-2(4,5)1(6)7/h5-6,8,10H,3-4,7,9,13H2,1-2H3;2*(H,6,7)/t10-;;/m0../s1. The van der Waals surface area contributed by atoms with E-state index in [1.165, 1.54) is 12.1 Å². The van der Waals surface area contributed by atoms with Crippen molar-refractivity contribution < 1.29 is 46.1 Å². The molecule has 172 valence electrons. The summed E-state index contributed by atoms with van der Waals surface area (Å²) in [6.45, 7) is 2.04. The molecule has 30 heavy (non-hydrogen) atoms. The number of carbonyl (C=O) groups is 2. The normalized spacial score (nSPS) is 16.4. The fourth-order valence-electron chi connectivity index (χ4n) is 2.07. The Morgan fingerprint density at radius 2 is 1.57 bits per heavy atom. The van der Waals surface area contributed by atoms with Gasteiger partial charge in [-0.15, -0.1) is 0 Å². The third-order valence-corrected chi connectivity index (χ3v) is 3.50. The molecule has 0 aliphatic carbocycles. The minimum Gasteiger partial charge on any atom is -0.475 e. The first-order chi connectivity index (χ1) is 13.6. The van der Waals surface area contributed by atoms with E-state index in [9.17, 15) is 26.3 Å². The van der Waals surface area contributed by atoms with E-state index >= 15 is 0 Å². The molecule has 8 nitrogen and oxygen atoms in total. The first kappa shape index (κ1) is 27.2. The Bertz CT molecular complexity index is 656. The van der Waals surface area contributed by atoms with Crippen molar-refractivity contribution in [3.05, 3.63) is 18.3 Å². The maximum atomic E-state index is 10.6. The van der Waals surface area contributed by atoms with Gasteiger partial charge in [0.25, 0.3) is 0 Å². The highest BCUT2D eigenvalue weighted by molar-refractivity contribution is 5.73. The number of hydrogen-bond acceptors (Lipinski definition) is 6. The molecule has 14 heteroatoms. The number of nitrogens with zero attached hydrogens (tertiary/aromatic N) is 3. The number of alkyl halides is 6. The third kappa shape index (κ3) is 10.7. The van der Waals surface area contributed by atoms with Gasteiger partial charge in [-0.2, -0.15) is 26.3 Å². The van der Waals surface area contributed by atoms with Crippen molar-refractivity contribution >= 4 is 23.4 Å². The van der Waals surface area contributed by atoms with Crippen molar-refractivity contribution in [2.45, 2.75) is 31.2 Å². The summed E-state index contributed by atoms with van der Waals surface area (Å²) in [5.41, 5.74) is 7.15. The van der Waals surface area contributed by atoms with Crippen molar-refractivity contribution in [3.8, 4) is 0 Å². The molecule has 0 spiro atoms. The second-order valence-electron chi connectivity index (χ2n) is 6.22. The van der Waals surface area contributed by atoms with Gasteiger partial charge in [0.2, 0.25) is 0 Å². The number of rotatable bonds is 2. The molecule has 0 radical (unpaired) electrons. The maximum Gasteiger partial charge on any atom is 0.490 e. The minimum atomic E-state index is -5.08. The molecule has 4 N–H and O–H groups in total. The number of carboxylic acids is 2. The SMILES string of the molecule is CN(C)c1ccc(N2CCC[C@H](N)C2)cn1.O=C(O)C(F)(F)F.O=C(O)C(F)(F)F. The van der Waals surface area contributed by atoms with Crippen molar-refractivity contribution in [2.75, 3.05) is 37.0 Å². The summed E-state index contributed by atoms with van der Waals surface area (Å²) >= 11 is 0. The molecule has 0 saturated carbocycles. The van der Waals surface area contributed by atoms with Crippen LogP contribution in [0.4, 0.5) is 37.8 Å². The van der Waals surface area contributed by atoms with Gasteiger partial charge in [-0.05, 0) is 25.0 Å². The topological polar surface area (TPSA) is 120 Å². The second kappa shape index (κ2) is 11.4. The molecule has 1 atom stereocenters. The van der Waals surface area contributed by atoms with Gasteiger partial charge in [-0.25, -0.2) is 14.6 Å². The quantitative estimate of drug-likeness (QED) is 0.590. The van der Waals surface area contributed by atoms with Gasteiger partial charge in [-0.3, -0.25) is 0 Å². The van der Waals surface area contributed by atoms with Gasteiger partial charge in [0.1, 0.15) is 5.82 Å². The predicted octanol–water partition coefficient (Wildman–Crippen LogP) is 2.34. The Morgan fingerprint density at radius 3 is 1.87 bits per heavy atom. The van der Waals surface area contributed by atoms with Crippen LogP contribution in [0, 0.1) is 0 Å². The maximum absolute atomic E-state index is 10.6. The zero-order valence-electron chi connectivity index (χ0n) is 16.0. The van der Waals surface area contributed by atoms with Crippen LogP contribution in [0.3, 0.4) is 0 Å². The lowest BCUT2D eigenvalue weighted by molar-refractivity contribution is -0.193. The molecule has 1 aromatic heterocycles. The fourth-order valence-corrected chi connectivity index (χ4v) is 2.07. The van der Waals surface area contributed by atoms with Crippen molar-refractivity contribution in [3.63, 3.8) is 0 Å². The number of anilines is 2. The van der Waals surface area contributed by atoms with Gasteiger partial charge >= 0.3 is 24.3 Å². The van der Waals surface area contributed by atoms with Gasteiger partial charge in [0.05, 0.1) is 11.9 Å². The number of aromatic nitrogens is 1. The Labute approximate surface area is 167 Å². The molecular weight excluding hydrogens is 426 g/mol. The molecule has 2 heterocycles. The van der Waals surface area contributed by atoms with Gasteiger partial charge in [-0.1, -0.05) is 0 Å². The average molecular weight is 448 g/mol. The number of piperidine rings is 1. The Kier molecular flexibility index (Phi) is 10.4. The van der Waals surface area contributed by atoms with E-state index in [4.69, 9.17) is 25.5 Å². The van der Waals surface area contributed by atoms with E-state index in [2.05, 4.69) is 22.0 Å². The van der Waals surface area contributed by atoms with E-state index in [0.29, 0.717) is 6.04 Å². The largest absolute Gasteiger partial charge is 0.490 e. The highest BCUT2D eigenvalue weighted by Crippen LogP contribution is 2.20. The van der Waals surface area contributed by atoms with Crippen LogP contribution < -0.4 is 15.5 Å². The van der Waals surface area contributed by atoms with Crippen LogP contribution in [-0.2, 0) is 9.59 Å². The Balaban J connectivity index is 0.000000503. The lowest BCUT2D eigenvalue weighted by Crippen LogP contribution is -2.42. The van der Waals surface area contributed by atoms with Crippen molar-refractivity contribution in [1.29, 1.82) is 0 Å². The van der Waals surface area contributed by atoms with Crippen LogP contribution in [0.2, 0.25) is 0 Å². The third-order valence-electron chi connectivity index (χ3n) is 3.50. The fraction of sp³-hybridized carbons (Fsp3) is 0.562. The van der Waals surface area contributed by atoms with Crippen molar-refractivity contribution in [2.24, 2.45) is 5.73 Å². The highest BCUT2D eigenvalue weighted by atomic mass is 19.4. The monoisotopic (exact) mass is 448 g/mol. The molecule has 0 unspecified atom stereocenters. The van der Waals surface area contributed by atoms with Crippen LogP contribution in [0.15, 0.2) is 18.3 Å². The smallest absolute Gasteiger partial charge is 0.475 e. The number of hydrogen-bond donors (Lipinski definition) is 3. The summed E-state index contributed by atoms with van der Waals surface area (Å²) in [6.07, 6.45) is -5.91. The van der Waals surface area contributed by atoms with Gasteiger partial charge < -0.3 is 25.7 Å². The zero-order chi connectivity index (χ0) is 23.7. The minimum absolute atomic E-state index is 0.308. The molecule has 1 aliphatic rings. The Hall–Kier alpha value is -2.77. The summed E-state index contributed by atoms with van der Waals surface area (Å²) in [5, 5.41) is 14.2. The first-order valence-electron chi connectivity index (χ1n) is 8.29. The van der Waals surface area contributed by atoms with Gasteiger partial charge in [0, 0.05) is 33.2 Å². The number of carboxylic acid groups (broad SMARTS) is 2. The summed E-state index contributed by atoms with van der Waals surface area (Å²) in [7, 11) is 4.00.